The zero-order valence-electron chi connectivity index (χ0n) is 15.2. The van der Waals surface area contributed by atoms with Crippen LogP contribution in [0.1, 0.15) is 50.5 Å². The second-order valence-corrected chi connectivity index (χ2v) is 8.29. The van der Waals surface area contributed by atoms with E-state index >= 15 is 0 Å². The van der Waals surface area contributed by atoms with Crippen molar-refractivity contribution in [3.8, 4) is 0 Å². The molecule has 1 amide bonds. The summed E-state index contributed by atoms with van der Waals surface area (Å²) in [5.74, 6) is -1.48. The van der Waals surface area contributed by atoms with Gasteiger partial charge in [0.1, 0.15) is 22.7 Å². The SMILES string of the molecule is CCCN(CC(=O)O)C(=O)C1(NS(=O)(=O)c2c(C)noc2C)CCCC1. The first kappa shape index (κ1) is 20.4. The van der Waals surface area contributed by atoms with Crippen molar-refractivity contribution in [3.63, 3.8) is 0 Å². The van der Waals surface area contributed by atoms with Gasteiger partial charge in [-0.25, -0.2) is 8.42 Å². The van der Waals surface area contributed by atoms with E-state index in [9.17, 15) is 18.0 Å². The quantitative estimate of drug-likeness (QED) is 0.685. The molecule has 0 unspecified atom stereocenters. The molecule has 1 aliphatic carbocycles. The first-order valence-corrected chi connectivity index (χ1v) is 10.1. The molecule has 0 aromatic carbocycles. The van der Waals surface area contributed by atoms with Crippen LogP contribution >= 0.6 is 0 Å². The van der Waals surface area contributed by atoms with Crippen molar-refractivity contribution in [2.45, 2.75) is 63.3 Å². The third kappa shape index (κ3) is 4.07. The number of aryl methyl sites for hydroxylation is 2. The number of carboxylic acids is 1. The molecule has 0 saturated heterocycles. The maximum absolute atomic E-state index is 13.1. The molecule has 9 nitrogen and oxygen atoms in total. The minimum absolute atomic E-state index is 0.0724. The summed E-state index contributed by atoms with van der Waals surface area (Å²) in [4.78, 5) is 25.4. The Morgan fingerprint density at radius 2 is 1.92 bits per heavy atom. The van der Waals surface area contributed by atoms with Gasteiger partial charge in [-0.05, 0) is 33.1 Å². The number of hydrogen-bond donors (Lipinski definition) is 2. The normalized spacial score (nSPS) is 16.6. The van der Waals surface area contributed by atoms with E-state index in [1.807, 2.05) is 6.92 Å². The Morgan fingerprint density at radius 3 is 2.38 bits per heavy atom. The highest BCUT2D eigenvalue weighted by Gasteiger charge is 2.47. The van der Waals surface area contributed by atoms with E-state index < -0.39 is 34.0 Å². The number of carbonyl (C=O) groups is 2. The molecule has 0 radical (unpaired) electrons. The van der Waals surface area contributed by atoms with E-state index in [-0.39, 0.29) is 22.9 Å². The topological polar surface area (TPSA) is 130 Å². The minimum atomic E-state index is -4.04. The van der Waals surface area contributed by atoms with Gasteiger partial charge in [0, 0.05) is 6.54 Å². The van der Waals surface area contributed by atoms with Crippen LogP contribution in [-0.2, 0) is 19.6 Å². The average Bonchev–Trinajstić information content (AvgIpc) is 3.13. The van der Waals surface area contributed by atoms with Gasteiger partial charge in [0.05, 0.1) is 0 Å². The second kappa shape index (κ2) is 7.75. The Bertz CT molecular complexity index is 760. The number of aliphatic carboxylic acids is 1. The van der Waals surface area contributed by atoms with E-state index in [0.29, 0.717) is 32.1 Å². The molecule has 1 aliphatic rings. The molecule has 2 rings (SSSR count). The number of rotatable bonds is 8. The number of nitrogens with one attached hydrogen (secondary N) is 1. The van der Waals surface area contributed by atoms with Crippen LogP contribution in [0.4, 0.5) is 0 Å². The van der Waals surface area contributed by atoms with Crippen LogP contribution in [-0.4, -0.2) is 54.1 Å². The predicted octanol–water partition coefficient (Wildman–Crippen LogP) is 1.21. The van der Waals surface area contributed by atoms with Crippen LogP contribution in [0.3, 0.4) is 0 Å². The van der Waals surface area contributed by atoms with Gasteiger partial charge >= 0.3 is 5.97 Å². The molecule has 146 valence electrons. The molecule has 0 atom stereocenters. The number of nitrogens with zero attached hydrogens (tertiary/aromatic N) is 2. The number of aromatic nitrogens is 1. The fourth-order valence-electron chi connectivity index (χ4n) is 3.49. The fraction of sp³-hybridized carbons (Fsp3) is 0.688. The second-order valence-electron chi connectivity index (χ2n) is 6.67. The maximum atomic E-state index is 13.1. The zero-order valence-corrected chi connectivity index (χ0v) is 16.1. The van der Waals surface area contributed by atoms with Crippen LogP contribution in [0.5, 0.6) is 0 Å². The number of amides is 1. The number of carbonyl (C=O) groups excluding carboxylic acids is 1. The fourth-order valence-corrected chi connectivity index (χ4v) is 5.24. The summed E-state index contributed by atoms with van der Waals surface area (Å²) < 4.78 is 33.3. The summed E-state index contributed by atoms with van der Waals surface area (Å²) in [7, 11) is -4.04. The molecular weight excluding hydrogens is 362 g/mol. The van der Waals surface area contributed by atoms with Gasteiger partial charge in [-0.3, -0.25) is 9.59 Å². The van der Waals surface area contributed by atoms with Gasteiger partial charge in [-0.1, -0.05) is 24.9 Å². The van der Waals surface area contributed by atoms with E-state index in [1.165, 1.54) is 18.7 Å². The van der Waals surface area contributed by atoms with Gasteiger partial charge in [-0.2, -0.15) is 4.72 Å². The summed E-state index contributed by atoms with van der Waals surface area (Å²) in [6.45, 7) is 4.63. The van der Waals surface area contributed by atoms with Crippen LogP contribution in [0.2, 0.25) is 0 Å². The van der Waals surface area contributed by atoms with Crippen molar-refractivity contribution < 1.29 is 27.6 Å². The Kier molecular flexibility index (Phi) is 6.07. The molecule has 0 aliphatic heterocycles. The monoisotopic (exact) mass is 387 g/mol. The first-order valence-electron chi connectivity index (χ1n) is 8.61. The molecule has 1 aromatic heterocycles. The van der Waals surface area contributed by atoms with Gasteiger partial charge in [0.2, 0.25) is 15.9 Å². The van der Waals surface area contributed by atoms with Crippen molar-refractivity contribution in [1.29, 1.82) is 0 Å². The van der Waals surface area contributed by atoms with Crippen molar-refractivity contribution in [1.82, 2.24) is 14.8 Å². The summed E-state index contributed by atoms with van der Waals surface area (Å²) in [6.07, 6.45) is 2.60. The largest absolute Gasteiger partial charge is 0.480 e. The van der Waals surface area contributed by atoms with Gasteiger partial charge in [0.15, 0.2) is 5.76 Å². The molecule has 10 heteroatoms. The van der Waals surface area contributed by atoms with Crippen LogP contribution in [0.25, 0.3) is 0 Å². The lowest BCUT2D eigenvalue weighted by atomic mass is 9.97. The van der Waals surface area contributed by atoms with Crippen molar-refractivity contribution in [2.75, 3.05) is 13.1 Å². The van der Waals surface area contributed by atoms with E-state index in [1.54, 1.807) is 0 Å². The lowest BCUT2D eigenvalue weighted by Crippen LogP contribution is -2.59. The van der Waals surface area contributed by atoms with Crippen LogP contribution in [0.15, 0.2) is 9.42 Å². The highest BCUT2D eigenvalue weighted by atomic mass is 32.2. The first-order chi connectivity index (χ1) is 12.1. The third-order valence-electron chi connectivity index (χ3n) is 4.54. The molecule has 1 fully saturated rings. The predicted molar refractivity (Wildman–Crippen MR) is 92.0 cm³/mol. The van der Waals surface area contributed by atoms with E-state index in [2.05, 4.69) is 9.88 Å². The smallest absolute Gasteiger partial charge is 0.323 e. The summed E-state index contributed by atoms with van der Waals surface area (Å²) in [6, 6.07) is 0. The number of hydrogen-bond acceptors (Lipinski definition) is 6. The molecule has 1 heterocycles. The minimum Gasteiger partial charge on any atom is -0.480 e. The summed E-state index contributed by atoms with van der Waals surface area (Å²) in [5.41, 5.74) is -1.12. The average molecular weight is 387 g/mol. The summed E-state index contributed by atoms with van der Waals surface area (Å²) >= 11 is 0. The molecule has 0 bridgehead atoms. The Balaban J connectivity index is 2.37. The molecule has 26 heavy (non-hydrogen) atoms. The van der Waals surface area contributed by atoms with Gasteiger partial charge in [-0.15, -0.1) is 0 Å². The Morgan fingerprint density at radius 1 is 1.31 bits per heavy atom. The Labute approximate surface area is 152 Å². The third-order valence-corrected chi connectivity index (χ3v) is 6.32. The van der Waals surface area contributed by atoms with Crippen molar-refractivity contribution in [2.24, 2.45) is 0 Å². The van der Waals surface area contributed by atoms with Gasteiger partial charge in [0.25, 0.3) is 0 Å². The number of carboxylic acid groups (broad SMARTS) is 1. The summed E-state index contributed by atoms with van der Waals surface area (Å²) in [5, 5.41) is 12.7. The standard InChI is InChI=1S/C16H25N3O6S/c1-4-9-19(10-13(20)21)15(22)16(7-5-6-8-16)18-26(23,24)14-11(2)17-25-12(14)3/h18H,4-10H2,1-3H3,(H,20,21). The van der Waals surface area contributed by atoms with Crippen molar-refractivity contribution in [3.05, 3.63) is 11.5 Å². The highest BCUT2D eigenvalue weighted by Crippen LogP contribution is 2.34. The molecule has 2 N–H and O–H groups in total. The Hall–Kier alpha value is -1.94. The number of sulfonamides is 1. The lowest BCUT2D eigenvalue weighted by Gasteiger charge is -2.34. The van der Waals surface area contributed by atoms with Gasteiger partial charge < -0.3 is 14.5 Å². The van der Waals surface area contributed by atoms with E-state index in [0.717, 1.165) is 0 Å². The molecular formula is C16H25N3O6S. The molecule has 1 aromatic rings. The lowest BCUT2D eigenvalue weighted by molar-refractivity contribution is -0.147. The van der Waals surface area contributed by atoms with Crippen LogP contribution in [0, 0.1) is 13.8 Å². The molecule has 0 spiro atoms. The van der Waals surface area contributed by atoms with Crippen LogP contribution < -0.4 is 4.72 Å². The zero-order chi connectivity index (χ0) is 19.5. The highest BCUT2D eigenvalue weighted by molar-refractivity contribution is 7.89. The van der Waals surface area contributed by atoms with Crippen molar-refractivity contribution >= 4 is 21.9 Å². The molecule has 1 saturated carbocycles. The van der Waals surface area contributed by atoms with E-state index in [4.69, 9.17) is 9.63 Å². The maximum Gasteiger partial charge on any atom is 0.323 e.